The number of nitrogens with zero attached hydrogens (tertiary/aromatic N) is 4. The zero-order valence-electron chi connectivity index (χ0n) is 18.9. The lowest BCUT2D eigenvalue weighted by Crippen LogP contribution is -2.57. The smallest absolute Gasteiger partial charge is 0.321 e. The minimum absolute atomic E-state index is 0.115. The molecule has 0 aromatic heterocycles. The van der Waals surface area contributed by atoms with Crippen molar-refractivity contribution >= 4 is 23.5 Å². The molecular weight excluding hydrogens is 438 g/mol. The van der Waals surface area contributed by atoms with Crippen molar-refractivity contribution in [3.05, 3.63) is 75.8 Å². The Morgan fingerprint density at radius 1 is 1.15 bits per heavy atom. The summed E-state index contributed by atoms with van der Waals surface area (Å²) in [6.07, 6.45) is 0. The van der Waals surface area contributed by atoms with E-state index in [-0.39, 0.29) is 12.3 Å². The lowest BCUT2D eigenvalue weighted by Gasteiger charge is -2.39. The third-order valence-corrected chi connectivity index (χ3v) is 5.98. The number of hydrogen-bond donors (Lipinski definition) is 1. The molecule has 178 valence electrons. The molecule has 0 radical (unpaired) electrons. The molecule has 0 spiro atoms. The van der Waals surface area contributed by atoms with Crippen molar-refractivity contribution in [2.75, 3.05) is 32.8 Å². The predicted molar refractivity (Wildman–Crippen MR) is 125 cm³/mol. The van der Waals surface area contributed by atoms with Crippen LogP contribution in [0.5, 0.6) is 0 Å². The molecule has 2 aromatic rings. The first-order valence-corrected chi connectivity index (χ1v) is 11.3. The standard InChI is InChI=1S/C24H27N5O5/c1-2-34-23(31)20-21(18-9-6-10-19(15-18)29(32)33)25-24(26-22(20)30)28-13-11-27(12-14-28)16-17-7-4-3-5-8-17/h3-10,15,20-21H,2,11-14,16H2,1H3,(H,25,26,30)/t20-,21+/m1/s1. The number of benzene rings is 2. The summed E-state index contributed by atoms with van der Waals surface area (Å²) >= 11 is 0. The fourth-order valence-electron chi connectivity index (χ4n) is 4.25. The van der Waals surface area contributed by atoms with Crippen LogP contribution in [0.3, 0.4) is 0 Å². The number of esters is 1. The first-order chi connectivity index (χ1) is 16.5. The summed E-state index contributed by atoms with van der Waals surface area (Å²) in [7, 11) is 0. The fraction of sp³-hybridized carbons (Fsp3) is 0.375. The number of nitrogens with one attached hydrogen (secondary N) is 1. The summed E-state index contributed by atoms with van der Waals surface area (Å²) in [5.41, 5.74) is 1.53. The monoisotopic (exact) mass is 465 g/mol. The minimum Gasteiger partial charge on any atom is -0.465 e. The van der Waals surface area contributed by atoms with E-state index in [1.54, 1.807) is 13.0 Å². The van der Waals surface area contributed by atoms with Gasteiger partial charge in [0, 0.05) is 44.9 Å². The Labute approximate surface area is 197 Å². The average Bonchev–Trinajstić information content (AvgIpc) is 2.85. The van der Waals surface area contributed by atoms with E-state index in [1.165, 1.54) is 23.8 Å². The lowest BCUT2D eigenvalue weighted by molar-refractivity contribution is -0.384. The number of carbonyl (C=O) groups excluding carboxylic acids is 2. The summed E-state index contributed by atoms with van der Waals surface area (Å²) in [6, 6.07) is 15.2. The van der Waals surface area contributed by atoms with Gasteiger partial charge in [-0.1, -0.05) is 42.5 Å². The second-order valence-electron chi connectivity index (χ2n) is 8.22. The lowest BCUT2D eigenvalue weighted by atomic mass is 9.91. The zero-order chi connectivity index (χ0) is 24.1. The van der Waals surface area contributed by atoms with Crippen LogP contribution in [0.15, 0.2) is 59.6 Å². The highest BCUT2D eigenvalue weighted by molar-refractivity contribution is 6.08. The number of rotatable bonds is 6. The topological polar surface area (TPSA) is 117 Å². The molecule has 10 heteroatoms. The van der Waals surface area contributed by atoms with Crippen LogP contribution >= 0.6 is 0 Å². The van der Waals surface area contributed by atoms with Crippen molar-refractivity contribution in [1.82, 2.24) is 15.1 Å². The van der Waals surface area contributed by atoms with Gasteiger partial charge in [0.25, 0.3) is 5.69 Å². The van der Waals surface area contributed by atoms with Crippen molar-refractivity contribution in [1.29, 1.82) is 0 Å². The molecule has 2 heterocycles. The molecule has 0 bridgehead atoms. The van der Waals surface area contributed by atoms with E-state index in [1.807, 2.05) is 23.1 Å². The first kappa shape index (κ1) is 23.4. The second kappa shape index (κ2) is 10.4. The third-order valence-electron chi connectivity index (χ3n) is 5.98. The van der Waals surface area contributed by atoms with Crippen molar-refractivity contribution in [3.8, 4) is 0 Å². The Balaban J connectivity index is 1.55. The Morgan fingerprint density at radius 3 is 2.56 bits per heavy atom. The van der Waals surface area contributed by atoms with Gasteiger partial charge in [0.05, 0.1) is 11.5 Å². The molecule has 4 rings (SSSR count). The number of carbonyl (C=O) groups is 2. The van der Waals surface area contributed by atoms with Crippen LogP contribution in [0.2, 0.25) is 0 Å². The molecule has 2 atom stereocenters. The van der Waals surface area contributed by atoms with Crippen LogP contribution in [0, 0.1) is 16.0 Å². The van der Waals surface area contributed by atoms with Crippen LogP contribution in [0.4, 0.5) is 5.69 Å². The number of ether oxygens (including phenoxy) is 1. The summed E-state index contributed by atoms with van der Waals surface area (Å²) in [4.78, 5) is 45.4. The predicted octanol–water partition coefficient (Wildman–Crippen LogP) is 2.12. The molecule has 1 N–H and O–H groups in total. The van der Waals surface area contributed by atoms with Gasteiger partial charge in [-0.2, -0.15) is 0 Å². The van der Waals surface area contributed by atoms with Gasteiger partial charge < -0.3 is 9.64 Å². The average molecular weight is 466 g/mol. The number of hydrogen-bond acceptors (Lipinski definition) is 8. The molecule has 34 heavy (non-hydrogen) atoms. The SMILES string of the molecule is CCOC(=O)[C@H]1C(=O)NC(N2CCN(Cc3ccccc3)CC2)=N[C@H]1c1cccc([N+](=O)[O-])c1. The van der Waals surface area contributed by atoms with E-state index in [9.17, 15) is 19.7 Å². The minimum atomic E-state index is -1.22. The number of nitro groups is 1. The molecule has 0 saturated carbocycles. The van der Waals surface area contributed by atoms with E-state index < -0.39 is 28.8 Å². The van der Waals surface area contributed by atoms with Gasteiger partial charge >= 0.3 is 5.97 Å². The van der Waals surface area contributed by atoms with Crippen LogP contribution in [-0.4, -0.2) is 65.3 Å². The molecule has 1 fully saturated rings. The molecule has 0 unspecified atom stereocenters. The Hall–Kier alpha value is -3.79. The van der Waals surface area contributed by atoms with Crippen LogP contribution in [-0.2, 0) is 20.9 Å². The van der Waals surface area contributed by atoms with Gasteiger partial charge in [-0.05, 0) is 18.1 Å². The summed E-state index contributed by atoms with van der Waals surface area (Å²) in [5.74, 6) is -2.06. The second-order valence-corrected chi connectivity index (χ2v) is 8.22. The third kappa shape index (κ3) is 5.23. The molecule has 10 nitrogen and oxygen atoms in total. The highest BCUT2D eigenvalue weighted by Crippen LogP contribution is 2.32. The van der Waals surface area contributed by atoms with E-state index in [4.69, 9.17) is 4.74 Å². The largest absolute Gasteiger partial charge is 0.465 e. The van der Waals surface area contributed by atoms with E-state index in [2.05, 4.69) is 27.3 Å². The highest BCUT2D eigenvalue weighted by atomic mass is 16.6. The highest BCUT2D eigenvalue weighted by Gasteiger charge is 2.42. The molecule has 0 aliphatic carbocycles. The first-order valence-electron chi connectivity index (χ1n) is 11.3. The molecule has 2 aliphatic rings. The summed E-state index contributed by atoms with van der Waals surface area (Å²) in [6.45, 7) is 5.48. The molecule has 2 aromatic carbocycles. The Morgan fingerprint density at radius 2 is 1.88 bits per heavy atom. The maximum atomic E-state index is 13.0. The van der Waals surface area contributed by atoms with Crippen LogP contribution < -0.4 is 5.32 Å². The van der Waals surface area contributed by atoms with Gasteiger partial charge in [0.1, 0.15) is 6.04 Å². The van der Waals surface area contributed by atoms with E-state index in [0.717, 1.165) is 19.6 Å². The maximum absolute atomic E-state index is 13.0. The van der Waals surface area contributed by atoms with Gasteiger partial charge in [-0.25, -0.2) is 4.99 Å². The van der Waals surface area contributed by atoms with E-state index in [0.29, 0.717) is 24.6 Å². The zero-order valence-corrected chi connectivity index (χ0v) is 18.9. The van der Waals surface area contributed by atoms with Gasteiger partial charge in [0.15, 0.2) is 5.92 Å². The maximum Gasteiger partial charge on any atom is 0.321 e. The van der Waals surface area contributed by atoms with Crippen molar-refractivity contribution in [3.63, 3.8) is 0 Å². The van der Waals surface area contributed by atoms with Crippen molar-refractivity contribution in [2.45, 2.75) is 19.5 Å². The number of nitro benzene ring substituents is 1. The molecular formula is C24H27N5O5. The van der Waals surface area contributed by atoms with Crippen molar-refractivity contribution < 1.29 is 19.2 Å². The summed E-state index contributed by atoms with van der Waals surface area (Å²) < 4.78 is 5.11. The van der Waals surface area contributed by atoms with Gasteiger partial charge in [0.2, 0.25) is 11.9 Å². The Kier molecular flexibility index (Phi) is 7.17. The van der Waals surface area contributed by atoms with Gasteiger partial charge in [-0.3, -0.25) is 29.9 Å². The quantitative estimate of drug-likeness (QED) is 0.301. The number of aliphatic imine (C=N–C) groups is 1. The Bertz CT molecular complexity index is 1080. The van der Waals surface area contributed by atoms with Gasteiger partial charge in [-0.15, -0.1) is 0 Å². The fourth-order valence-corrected chi connectivity index (χ4v) is 4.25. The van der Waals surface area contributed by atoms with E-state index >= 15 is 0 Å². The number of piperazine rings is 1. The number of guanidine groups is 1. The summed E-state index contributed by atoms with van der Waals surface area (Å²) in [5, 5.41) is 14.0. The number of non-ortho nitro benzene ring substituents is 1. The van der Waals surface area contributed by atoms with Crippen molar-refractivity contribution in [2.24, 2.45) is 10.9 Å². The normalized spacial score (nSPS) is 20.9. The molecule has 2 aliphatic heterocycles. The molecule has 1 amide bonds. The number of amides is 1. The van der Waals surface area contributed by atoms with Crippen LogP contribution in [0.25, 0.3) is 0 Å². The van der Waals surface area contributed by atoms with Crippen LogP contribution in [0.1, 0.15) is 24.1 Å². The molecule has 1 saturated heterocycles.